The molecule has 0 amide bonds. The topological polar surface area (TPSA) is 75.1 Å². The SMILES string of the molecule is O=C(O)C1CSC(c2cnccn2)N1. The number of carboxylic acid groups (broad SMARTS) is 1. The van der Waals surface area contributed by atoms with E-state index in [9.17, 15) is 4.79 Å². The van der Waals surface area contributed by atoms with Crippen molar-refractivity contribution in [1.29, 1.82) is 0 Å². The number of aliphatic carboxylic acids is 1. The fourth-order valence-electron chi connectivity index (χ4n) is 1.23. The summed E-state index contributed by atoms with van der Waals surface area (Å²) in [4.78, 5) is 18.7. The van der Waals surface area contributed by atoms with E-state index in [0.29, 0.717) is 5.75 Å². The number of hydrogen-bond donors (Lipinski definition) is 2. The molecule has 2 atom stereocenters. The second-order valence-electron chi connectivity index (χ2n) is 2.90. The highest BCUT2D eigenvalue weighted by Gasteiger charge is 2.30. The van der Waals surface area contributed by atoms with Gasteiger partial charge in [0.15, 0.2) is 0 Å². The van der Waals surface area contributed by atoms with Crippen LogP contribution in [0.15, 0.2) is 18.6 Å². The summed E-state index contributed by atoms with van der Waals surface area (Å²) >= 11 is 1.54. The normalized spacial score (nSPS) is 26.3. The van der Waals surface area contributed by atoms with Crippen molar-refractivity contribution in [2.75, 3.05) is 5.75 Å². The Morgan fingerprint density at radius 1 is 1.64 bits per heavy atom. The van der Waals surface area contributed by atoms with Gasteiger partial charge in [0.1, 0.15) is 6.04 Å². The maximum absolute atomic E-state index is 10.7. The van der Waals surface area contributed by atoms with Crippen molar-refractivity contribution >= 4 is 17.7 Å². The molecule has 2 rings (SSSR count). The maximum atomic E-state index is 10.7. The standard InChI is InChI=1S/C8H9N3O2S/c12-8(13)6-4-14-7(11-6)5-3-9-1-2-10-5/h1-3,6-7,11H,4H2,(H,12,13). The molecule has 74 valence electrons. The van der Waals surface area contributed by atoms with Gasteiger partial charge in [0.05, 0.1) is 17.3 Å². The van der Waals surface area contributed by atoms with Crippen molar-refractivity contribution in [3.05, 3.63) is 24.3 Å². The molecule has 5 nitrogen and oxygen atoms in total. The number of nitrogens with one attached hydrogen (secondary N) is 1. The Morgan fingerprint density at radius 3 is 3.07 bits per heavy atom. The first-order valence-electron chi connectivity index (χ1n) is 4.14. The van der Waals surface area contributed by atoms with Gasteiger partial charge < -0.3 is 5.11 Å². The minimum atomic E-state index is -0.816. The van der Waals surface area contributed by atoms with E-state index in [1.54, 1.807) is 18.6 Å². The van der Waals surface area contributed by atoms with Crippen LogP contribution >= 0.6 is 11.8 Å². The van der Waals surface area contributed by atoms with Gasteiger partial charge in [-0.25, -0.2) is 0 Å². The van der Waals surface area contributed by atoms with E-state index in [4.69, 9.17) is 5.11 Å². The lowest BCUT2D eigenvalue weighted by Gasteiger charge is -2.08. The van der Waals surface area contributed by atoms with Crippen molar-refractivity contribution in [2.24, 2.45) is 0 Å². The van der Waals surface area contributed by atoms with Gasteiger partial charge in [0.25, 0.3) is 0 Å². The molecule has 0 aliphatic carbocycles. The van der Waals surface area contributed by atoms with Gasteiger partial charge in [-0.2, -0.15) is 0 Å². The molecule has 0 bridgehead atoms. The van der Waals surface area contributed by atoms with Crippen LogP contribution in [-0.4, -0.2) is 32.8 Å². The number of rotatable bonds is 2. The molecule has 14 heavy (non-hydrogen) atoms. The molecule has 1 saturated heterocycles. The number of carboxylic acids is 1. The van der Waals surface area contributed by atoms with E-state index in [1.165, 1.54) is 11.8 Å². The fraction of sp³-hybridized carbons (Fsp3) is 0.375. The van der Waals surface area contributed by atoms with Crippen molar-refractivity contribution in [1.82, 2.24) is 15.3 Å². The monoisotopic (exact) mass is 211 g/mol. The number of carbonyl (C=O) groups is 1. The van der Waals surface area contributed by atoms with Crippen LogP contribution in [0.25, 0.3) is 0 Å². The quantitative estimate of drug-likeness (QED) is 0.731. The number of aromatic nitrogens is 2. The second kappa shape index (κ2) is 3.93. The molecule has 2 unspecified atom stereocenters. The Hall–Kier alpha value is -1.14. The van der Waals surface area contributed by atoms with Crippen molar-refractivity contribution in [3.63, 3.8) is 0 Å². The van der Waals surface area contributed by atoms with Crippen LogP contribution in [0.3, 0.4) is 0 Å². The molecule has 1 aromatic heterocycles. The van der Waals surface area contributed by atoms with Crippen LogP contribution in [0, 0.1) is 0 Å². The van der Waals surface area contributed by atoms with Gasteiger partial charge in [0.2, 0.25) is 0 Å². The molecule has 2 heterocycles. The summed E-state index contributed by atoms with van der Waals surface area (Å²) in [7, 11) is 0. The van der Waals surface area contributed by atoms with E-state index in [0.717, 1.165) is 5.69 Å². The molecule has 2 N–H and O–H groups in total. The van der Waals surface area contributed by atoms with Gasteiger partial charge in [-0.05, 0) is 0 Å². The summed E-state index contributed by atoms with van der Waals surface area (Å²) in [6.45, 7) is 0. The van der Waals surface area contributed by atoms with E-state index in [2.05, 4.69) is 15.3 Å². The zero-order valence-electron chi connectivity index (χ0n) is 7.25. The van der Waals surface area contributed by atoms with Gasteiger partial charge in [-0.3, -0.25) is 20.1 Å². The van der Waals surface area contributed by atoms with Crippen molar-refractivity contribution in [3.8, 4) is 0 Å². The second-order valence-corrected chi connectivity index (χ2v) is 4.04. The first-order valence-corrected chi connectivity index (χ1v) is 5.18. The lowest BCUT2D eigenvalue weighted by Crippen LogP contribution is -2.33. The predicted molar refractivity (Wildman–Crippen MR) is 51.8 cm³/mol. The van der Waals surface area contributed by atoms with Crippen LogP contribution in [-0.2, 0) is 4.79 Å². The zero-order valence-corrected chi connectivity index (χ0v) is 8.07. The highest BCUT2D eigenvalue weighted by Crippen LogP contribution is 2.30. The first-order chi connectivity index (χ1) is 6.77. The summed E-state index contributed by atoms with van der Waals surface area (Å²) in [5, 5.41) is 11.7. The Labute approximate surface area is 85.0 Å². The van der Waals surface area contributed by atoms with Crippen molar-refractivity contribution in [2.45, 2.75) is 11.4 Å². The molecule has 1 aromatic rings. The third-order valence-electron chi connectivity index (χ3n) is 1.93. The molecule has 6 heteroatoms. The van der Waals surface area contributed by atoms with E-state index in [1.807, 2.05) is 0 Å². The molecule has 0 aromatic carbocycles. The summed E-state index contributed by atoms with van der Waals surface area (Å²) in [6.07, 6.45) is 4.85. The first kappa shape index (κ1) is 9.42. The zero-order chi connectivity index (χ0) is 9.97. The summed E-state index contributed by atoms with van der Waals surface area (Å²) in [6, 6.07) is -0.480. The largest absolute Gasteiger partial charge is 0.480 e. The smallest absolute Gasteiger partial charge is 0.321 e. The lowest BCUT2D eigenvalue weighted by atomic mass is 10.3. The summed E-state index contributed by atoms with van der Waals surface area (Å²) in [5.74, 6) is -0.250. The van der Waals surface area contributed by atoms with Gasteiger partial charge >= 0.3 is 5.97 Å². The fourth-order valence-corrected chi connectivity index (χ4v) is 2.41. The number of thioether (sulfide) groups is 1. The summed E-state index contributed by atoms with van der Waals surface area (Å²) in [5.41, 5.74) is 0.779. The molecule has 0 radical (unpaired) electrons. The van der Waals surface area contributed by atoms with E-state index < -0.39 is 12.0 Å². The minimum Gasteiger partial charge on any atom is -0.480 e. The highest BCUT2D eigenvalue weighted by molar-refractivity contribution is 7.99. The predicted octanol–water partition coefficient (Wildman–Crippen LogP) is 0.265. The van der Waals surface area contributed by atoms with Crippen LogP contribution in [0.4, 0.5) is 0 Å². The van der Waals surface area contributed by atoms with Gasteiger partial charge in [-0.15, -0.1) is 11.8 Å². The minimum absolute atomic E-state index is 0.0511. The molecule has 1 aliphatic heterocycles. The van der Waals surface area contributed by atoms with Crippen LogP contribution in [0.2, 0.25) is 0 Å². The third-order valence-corrected chi connectivity index (χ3v) is 3.17. The lowest BCUT2D eigenvalue weighted by molar-refractivity contribution is -0.138. The van der Waals surface area contributed by atoms with Gasteiger partial charge in [-0.1, -0.05) is 0 Å². The highest BCUT2D eigenvalue weighted by atomic mass is 32.2. The van der Waals surface area contributed by atoms with Crippen LogP contribution in [0.1, 0.15) is 11.1 Å². The van der Waals surface area contributed by atoms with Gasteiger partial charge in [0, 0.05) is 18.1 Å². The molecule has 1 aliphatic rings. The van der Waals surface area contributed by atoms with E-state index >= 15 is 0 Å². The summed E-state index contributed by atoms with van der Waals surface area (Å²) < 4.78 is 0. The Bertz CT molecular complexity index is 333. The third kappa shape index (κ3) is 1.85. The molecular formula is C8H9N3O2S. The maximum Gasteiger partial charge on any atom is 0.321 e. The molecular weight excluding hydrogens is 202 g/mol. The van der Waals surface area contributed by atoms with Crippen LogP contribution in [0.5, 0.6) is 0 Å². The Balaban J connectivity index is 2.06. The van der Waals surface area contributed by atoms with Crippen molar-refractivity contribution < 1.29 is 9.90 Å². The Morgan fingerprint density at radius 2 is 2.50 bits per heavy atom. The van der Waals surface area contributed by atoms with Crippen LogP contribution < -0.4 is 5.32 Å². The number of nitrogens with zero attached hydrogens (tertiary/aromatic N) is 2. The number of hydrogen-bond acceptors (Lipinski definition) is 5. The molecule has 1 fully saturated rings. The average Bonchev–Trinajstić information content (AvgIpc) is 2.68. The van der Waals surface area contributed by atoms with E-state index in [-0.39, 0.29) is 5.37 Å². The Kier molecular flexibility index (Phi) is 2.64. The molecule has 0 spiro atoms. The average molecular weight is 211 g/mol. The molecule has 0 saturated carbocycles.